The molecule has 2 aromatic heterocycles. The number of nitrogens with one attached hydrogen (secondary N) is 2. The fourth-order valence-electron chi connectivity index (χ4n) is 4.17. The lowest BCUT2D eigenvalue weighted by Gasteiger charge is -2.18. The number of Topliss-reactive ketones (excluding diaryl/α,β-unsaturated/α-hetero) is 3. The molecule has 0 bridgehead atoms. The second kappa shape index (κ2) is 12.0. The van der Waals surface area contributed by atoms with E-state index < -0.39 is 11.6 Å². The van der Waals surface area contributed by atoms with Crippen molar-refractivity contribution in [2.45, 2.75) is 71.1 Å². The van der Waals surface area contributed by atoms with Crippen molar-refractivity contribution in [3.63, 3.8) is 0 Å². The molecule has 0 amide bonds. The lowest BCUT2D eigenvalue weighted by atomic mass is 9.87. The van der Waals surface area contributed by atoms with Crippen LogP contribution >= 0.6 is 0 Å². The van der Waals surface area contributed by atoms with Crippen LogP contribution in [-0.2, 0) is 17.6 Å². The first-order valence-corrected chi connectivity index (χ1v) is 11.7. The Morgan fingerprint density at radius 2 is 1.76 bits per heavy atom. The molecule has 3 aromatic rings. The highest BCUT2D eigenvalue weighted by Crippen LogP contribution is 2.30. The molecule has 0 saturated heterocycles. The summed E-state index contributed by atoms with van der Waals surface area (Å²) in [7, 11) is 0. The van der Waals surface area contributed by atoms with Crippen LogP contribution in [0.4, 0.5) is 0 Å². The van der Waals surface area contributed by atoms with E-state index in [1.165, 1.54) is 11.9 Å². The molecule has 2 heterocycles. The lowest BCUT2D eigenvalue weighted by molar-refractivity contribution is -0.114. The summed E-state index contributed by atoms with van der Waals surface area (Å²) in [6, 6.07) is 9.90. The number of carbonyl (C=O) groups excluding carboxylic acids is 3. The van der Waals surface area contributed by atoms with Gasteiger partial charge in [-0.2, -0.15) is 0 Å². The van der Waals surface area contributed by atoms with Crippen LogP contribution in [0.25, 0.3) is 0 Å². The molecule has 1 unspecified atom stereocenters. The Hall–Kier alpha value is -3.35. The molecule has 0 aliphatic rings. The van der Waals surface area contributed by atoms with Crippen molar-refractivity contribution in [2.24, 2.45) is 0 Å². The number of ketones is 3. The highest BCUT2D eigenvalue weighted by Gasteiger charge is 2.23. The van der Waals surface area contributed by atoms with Crippen molar-refractivity contribution >= 4 is 17.3 Å². The van der Waals surface area contributed by atoms with Crippen LogP contribution in [0.2, 0.25) is 0 Å². The fraction of sp³-hybridized carbons (Fsp3) is 0.423. The van der Waals surface area contributed by atoms with E-state index in [2.05, 4.69) is 27.1 Å². The molecular formula is C26H32N4O3. The van der Waals surface area contributed by atoms with Crippen molar-refractivity contribution < 1.29 is 14.4 Å². The molecule has 0 saturated carbocycles. The van der Waals surface area contributed by atoms with Gasteiger partial charge in [0, 0.05) is 17.5 Å². The molecular weight excluding hydrogens is 416 g/mol. The van der Waals surface area contributed by atoms with Crippen LogP contribution in [0.3, 0.4) is 0 Å². The number of benzene rings is 1. The maximum atomic E-state index is 12.5. The normalized spacial score (nSPS) is 11.9. The number of unbranched alkanes of at least 4 members (excludes halogenated alkanes) is 2. The van der Waals surface area contributed by atoms with E-state index in [1.807, 2.05) is 36.5 Å². The monoisotopic (exact) mass is 448 g/mol. The molecule has 1 aromatic carbocycles. The molecule has 3 rings (SSSR count). The molecule has 0 aliphatic heterocycles. The highest BCUT2D eigenvalue weighted by molar-refractivity contribution is 6.43. The number of rotatable bonds is 14. The standard InChI is InChI=1S/C26H32N4O3/c1-3-4-8-21(9-6-5-7-19-10-12-20(13-11-19)18(2)31)22-14-15-27-23(22)16-24(32)25(33)26-28-17-29-30-26/h10-15,17,21,27H,3-9,16H2,1-2H3,(H,28,29,30). The van der Waals surface area contributed by atoms with Crippen molar-refractivity contribution in [3.05, 3.63) is 71.1 Å². The highest BCUT2D eigenvalue weighted by atomic mass is 16.2. The van der Waals surface area contributed by atoms with E-state index in [1.54, 1.807) is 6.92 Å². The van der Waals surface area contributed by atoms with Gasteiger partial charge in [-0.15, -0.1) is 5.10 Å². The molecule has 2 N–H and O–H groups in total. The largest absolute Gasteiger partial charge is 0.364 e. The average molecular weight is 449 g/mol. The van der Waals surface area contributed by atoms with E-state index in [0.717, 1.165) is 61.8 Å². The summed E-state index contributed by atoms with van der Waals surface area (Å²) in [4.78, 5) is 43.2. The van der Waals surface area contributed by atoms with Crippen molar-refractivity contribution in [1.29, 1.82) is 0 Å². The quantitative estimate of drug-likeness (QED) is 0.205. The first-order valence-electron chi connectivity index (χ1n) is 11.7. The summed E-state index contributed by atoms with van der Waals surface area (Å²) < 4.78 is 0. The number of aromatic nitrogens is 4. The third-order valence-corrected chi connectivity index (χ3v) is 6.05. The molecule has 0 fully saturated rings. The maximum Gasteiger partial charge on any atom is 0.267 e. The minimum Gasteiger partial charge on any atom is -0.364 e. The van der Waals surface area contributed by atoms with Crippen LogP contribution < -0.4 is 0 Å². The van der Waals surface area contributed by atoms with Gasteiger partial charge >= 0.3 is 0 Å². The van der Waals surface area contributed by atoms with Crippen molar-refractivity contribution in [3.8, 4) is 0 Å². The SMILES string of the molecule is CCCCC(CCCCc1ccc(C(C)=O)cc1)c1cc[nH]c1CC(=O)C(=O)c1nc[nH]n1. The molecule has 174 valence electrons. The molecule has 1 atom stereocenters. The number of nitrogens with zero attached hydrogens (tertiary/aromatic N) is 2. The first kappa shape index (κ1) is 24.3. The summed E-state index contributed by atoms with van der Waals surface area (Å²) in [5.74, 6) is -0.840. The predicted octanol–water partition coefficient (Wildman–Crippen LogP) is 5.02. The van der Waals surface area contributed by atoms with Gasteiger partial charge in [0.05, 0.1) is 6.42 Å². The zero-order valence-electron chi connectivity index (χ0n) is 19.4. The van der Waals surface area contributed by atoms with Gasteiger partial charge in [-0.1, -0.05) is 50.5 Å². The lowest BCUT2D eigenvalue weighted by Crippen LogP contribution is -2.19. The maximum absolute atomic E-state index is 12.5. The number of carbonyl (C=O) groups is 3. The zero-order chi connectivity index (χ0) is 23.6. The molecule has 0 aliphatic carbocycles. The Balaban J connectivity index is 1.58. The Morgan fingerprint density at radius 1 is 1.00 bits per heavy atom. The van der Waals surface area contributed by atoms with Crippen LogP contribution in [0.1, 0.15) is 96.1 Å². The van der Waals surface area contributed by atoms with Gasteiger partial charge in [-0.05, 0) is 55.7 Å². The minimum atomic E-state index is -0.669. The first-order chi connectivity index (χ1) is 16.0. The predicted molar refractivity (Wildman–Crippen MR) is 126 cm³/mol. The van der Waals surface area contributed by atoms with Gasteiger partial charge in [0.15, 0.2) is 5.78 Å². The van der Waals surface area contributed by atoms with E-state index in [4.69, 9.17) is 0 Å². The number of hydrogen-bond acceptors (Lipinski definition) is 5. The third-order valence-electron chi connectivity index (χ3n) is 6.05. The van der Waals surface area contributed by atoms with Gasteiger partial charge in [0.2, 0.25) is 11.6 Å². The topological polar surface area (TPSA) is 109 Å². The summed E-state index contributed by atoms with van der Waals surface area (Å²) in [6.45, 7) is 3.76. The summed E-state index contributed by atoms with van der Waals surface area (Å²) in [6.07, 6.45) is 10.6. The smallest absolute Gasteiger partial charge is 0.267 e. The van der Waals surface area contributed by atoms with Gasteiger partial charge < -0.3 is 4.98 Å². The van der Waals surface area contributed by atoms with Gasteiger partial charge in [0.25, 0.3) is 5.78 Å². The fourth-order valence-corrected chi connectivity index (χ4v) is 4.17. The van der Waals surface area contributed by atoms with E-state index in [9.17, 15) is 14.4 Å². The van der Waals surface area contributed by atoms with Crippen molar-refractivity contribution in [2.75, 3.05) is 0 Å². The zero-order valence-corrected chi connectivity index (χ0v) is 19.4. The average Bonchev–Trinajstić information content (AvgIpc) is 3.51. The molecule has 33 heavy (non-hydrogen) atoms. The molecule has 0 radical (unpaired) electrons. The van der Waals surface area contributed by atoms with E-state index in [0.29, 0.717) is 5.92 Å². The molecule has 0 spiro atoms. The Bertz CT molecular complexity index is 1050. The van der Waals surface area contributed by atoms with E-state index in [-0.39, 0.29) is 18.0 Å². The molecule has 7 heteroatoms. The van der Waals surface area contributed by atoms with Crippen LogP contribution in [0.15, 0.2) is 42.9 Å². The van der Waals surface area contributed by atoms with Crippen LogP contribution in [0, 0.1) is 0 Å². The summed E-state index contributed by atoms with van der Waals surface area (Å²) >= 11 is 0. The van der Waals surface area contributed by atoms with Gasteiger partial charge in [-0.25, -0.2) is 4.98 Å². The Labute approximate surface area is 194 Å². The van der Waals surface area contributed by atoms with Crippen molar-refractivity contribution in [1.82, 2.24) is 20.2 Å². The minimum absolute atomic E-state index is 0.0286. The van der Waals surface area contributed by atoms with Crippen LogP contribution in [-0.4, -0.2) is 37.5 Å². The second-order valence-corrected chi connectivity index (χ2v) is 8.50. The summed E-state index contributed by atoms with van der Waals surface area (Å²) in [5, 5.41) is 6.19. The summed E-state index contributed by atoms with van der Waals surface area (Å²) in [5.41, 5.74) is 3.92. The molecule has 7 nitrogen and oxygen atoms in total. The second-order valence-electron chi connectivity index (χ2n) is 8.50. The third kappa shape index (κ3) is 6.81. The Kier molecular flexibility index (Phi) is 8.87. The number of H-pyrrole nitrogens is 2. The number of aryl methyl sites for hydroxylation is 1. The van der Waals surface area contributed by atoms with Gasteiger partial charge in [0.1, 0.15) is 6.33 Å². The number of aromatic amines is 2. The van der Waals surface area contributed by atoms with Crippen LogP contribution in [0.5, 0.6) is 0 Å². The van der Waals surface area contributed by atoms with E-state index >= 15 is 0 Å². The van der Waals surface area contributed by atoms with Gasteiger partial charge in [-0.3, -0.25) is 19.5 Å². The Morgan fingerprint density at radius 3 is 2.42 bits per heavy atom. The number of hydrogen-bond donors (Lipinski definition) is 2.